The van der Waals surface area contributed by atoms with Crippen LogP contribution < -0.4 is 5.32 Å². The van der Waals surface area contributed by atoms with Crippen LogP contribution in [-0.4, -0.2) is 23.8 Å². The summed E-state index contributed by atoms with van der Waals surface area (Å²) >= 11 is 12.0. The third-order valence-electron chi connectivity index (χ3n) is 2.36. The highest BCUT2D eigenvalue weighted by molar-refractivity contribution is 6.42. The lowest BCUT2D eigenvalue weighted by Crippen LogP contribution is -2.39. The smallest absolute Gasteiger partial charge is 0.0784 e. The zero-order chi connectivity index (χ0) is 12.2. The van der Waals surface area contributed by atoms with Crippen molar-refractivity contribution in [2.45, 2.75) is 25.9 Å². The molecular formula is C12H17Cl2NO. The van der Waals surface area contributed by atoms with Crippen LogP contribution in [0.5, 0.6) is 0 Å². The summed E-state index contributed by atoms with van der Waals surface area (Å²) in [6.45, 7) is 5.15. The van der Waals surface area contributed by atoms with E-state index in [4.69, 9.17) is 23.2 Å². The Balaban J connectivity index is 2.75. The molecule has 0 saturated carbocycles. The van der Waals surface area contributed by atoms with Crippen LogP contribution in [0.25, 0.3) is 0 Å². The molecule has 0 heterocycles. The average Bonchev–Trinajstić information content (AvgIpc) is 2.22. The molecular weight excluding hydrogens is 245 g/mol. The molecule has 90 valence electrons. The summed E-state index contributed by atoms with van der Waals surface area (Å²) in [5.74, 6) is 0. The lowest BCUT2D eigenvalue weighted by atomic mass is 9.96. The van der Waals surface area contributed by atoms with Gasteiger partial charge in [0.1, 0.15) is 0 Å². The lowest BCUT2D eigenvalue weighted by molar-refractivity contribution is 0.0608. The van der Waals surface area contributed by atoms with Crippen LogP contribution in [0.1, 0.15) is 19.4 Å². The van der Waals surface area contributed by atoms with Crippen LogP contribution in [0.15, 0.2) is 18.2 Å². The van der Waals surface area contributed by atoms with Gasteiger partial charge in [0.15, 0.2) is 0 Å². The van der Waals surface area contributed by atoms with Crippen molar-refractivity contribution >= 4 is 23.2 Å². The van der Waals surface area contributed by atoms with Gasteiger partial charge in [-0.3, -0.25) is 0 Å². The van der Waals surface area contributed by atoms with E-state index < -0.39 is 5.60 Å². The van der Waals surface area contributed by atoms with Gasteiger partial charge in [0.05, 0.1) is 15.6 Å². The van der Waals surface area contributed by atoms with Crippen molar-refractivity contribution in [1.29, 1.82) is 0 Å². The topological polar surface area (TPSA) is 32.3 Å². The number of rotatable bonds is 5. The van der Waals surface area contributed by atoms with Gasteiger partial charge in [0.25, 0.3) is 0 Å². The molecule has 0 bridgehead atoms. The van der Waals surface area contributed by atoms with Gasteiger partial charge in [0.2, 0.25) is 0 Å². The van der Waals surface area contributed by atoms with Gasteiger partial charge in [-0.25, -0.2) is 0 Å². The Labute approximate surface area is 107 Å². The SMILES string of the molecule is CCNCC(C)(O)Cc1cccc(Cl)c1Cl. The van der Waals surface area contributed by atoms with Crippen molar-refractivity contribution in [1.82, 2.24) is 5.32 Å². The lowest BCUT2D eigenvalue weighted by Gasteiger charge is -2.24. The molecule has 0 aliphatic rings. The maximum Gasteiger partial charge on any atom is 0.0784 e. The molecule has 1 aromatic carbocycles. The molecule has 0 saturated heterocycles. The highest BCUT2D eigenvalue weighted by Gasteiger charge is 2.21. The highest BCUT2D eigenvalue weighted by Crippen LogP contribution is 2.28. The molecule has 0 aliphatic carbocycles. The first-order chi connectivity index (χ1) is 7.46. The molecule has 1 aromatic rings. The molecule has 0 aromatic heterocycles. The Hall–Kier alpha value is -0.280. The molecule has 0 spiro atoms. The fourth-order valence-electron chi connectivity index (χ4n) is 1.55. The number of benzene rings is 1. The Bertz CT molecular complexity index is 353. The van der Waals surface area contributed by atoms with Crippen molar-refractivity contribution in [2.75, 3.05) is 13.1 Å². The minimum absolute atomic E-state index is 0.486. The van der Waals surface area contributed by atoms with Gasteiger partial charge in [-0.15, -0.1) is 0 Å². The summed E-state index contributed by atoms with van der Waals surface area (Å²) in [6, 6.07) is 5.47. The Morgan fingerprint density at radius 2 is 2.06 bits per heavy atom. The molecule has 0 fully saturated rings. The van der Waals surface area contributed by atoms with Crippen LogP contribution in [0.2, 0.25) is 10.0 Å². The minimum Gasteiger partial charge on any atom is -0.389 e. The molecule has 1 atom stereocenters. The quantitative estimate of drug-likeness (QED) is 0.855. The van der Waals surface area contributed by atoms with E-state index in [9.17, 15) is 5.11 Å². The predicted octanol–water partition coefficient (Wildman–Crippen LogP) is 2.90. The first-order valence-electron chi connectivity index (χ1n) is 5.32. The van der Waals surface area contributed by atoms with E-state index >= 15 is 0 Å². The van der Waals surface area contributed by atoms with Gasteiger partial charge < -0.3 is 10.4 Å². The van der Waals surface area contributed by atoms with Crippen molar-refractivity contribution < 1.29 is 5.11 Å². The Kier molecular flexibility index (Phi) is 5.06. The number of aliphatic hydroxyl groups is 1. The maximum absolute atomic E-state index is 10.2. The van der Waals surface area contributed by atoms with Gasteiger partial charge in [-0.05, 0) is 25.1 Å². The first-order valence-corrected chi connectivity index (χ1v) is 6.08. The molecule has 1 unspecified atom stereocenters. The number of likely N-dealkylation sites (N-methyl/N-ethyl adjacent to an activating group) is 1. The van der Waals surface area contributed by atoms with E-state index in [0.717, 1.165) is 12.1 Å². The summed E-state index contributed by atoms with van der Waals surface area (Å²) in [6.07, 6.45) is 0.486. The van der Waals surface area contributed by atoms with Crippen molar-refractivity contribution in [3.8, 4) is 0 Å². The van der Waals surface area contributed by atoms with Gasteiger partial charge >= 0.3 is 0 Å². The predicted molar refractivity (Wildman–Crippen MR) is 69.3 cm³/mol. The van der Waals surface area contributed by atoms with Crippen LogP contribution in [0.3, 0.4) is 0 Å². The Morgan fingerprint density at radius 3 is 2.69 bits per heavy atom. The molecule has 2 nitrogen and oxygen atoms in total. The summed E-state index contributed by atoms with van der Waals surface area (Å²) in [7, 11) is 0. The van der Waals surface area contributed by atoms with E-state index in [1.54, 1.807) is 13.0 Å². The molecule has 0 amide bonds. The molecule has 2 N–H and O–H groups in total. The fourth-order valence-corrected chi connectivity index (χ4v) is 1.94. The molecule has 4 heteroatoms. The normalized spacial score (nSPS) is 14.8. The van der Waals surface area contributed by atoms with Gasteiger partial charge in [-0.1, -0.05) is 42.3 Å². The maximum atomic E-state index is 10.2. The van der Waals surface area contributed by atoms with E-state index in [1.165, 1.54) is 0 Å². The van der Waals surface area contributed by atoms with Crippen LogP contribution in [0.4, 0.5) is 0 Å². The van der Waals surface area contributed by atoms with Gasteiger partial charge in [0, 0.05) is 13.0 Å². The third-order valence-corrected chi connectivity index (χ3v) is 3.22. The summed E-state index contributed by atoms with van der Waals surface area (Å²) in [5, 5.41) is 14.3. The molecule has 16 heavy (non-hydrogen) atoms. The minimum atomic E-state index is -0.815. The largest absolute Gasteiger partial charge is 0.389 e. The van der Waals surface area contributed by atoms with Crippen molar-refractivity contribution in [2.24, 2.45) is 0 Å². The first kappa shape index (κ1) is 13.8. The van der Waals surface area contributed by atoms with E-state index in [2.05, 4.69) is 5.32 Å². The zero-order valence-corrected chi connectivity index (χ0v) is 11.1. The molecule has 0 radical (unpaired) electrons. The monoisotopic (exact) mass is 261 g/mol. The third kappa shape index (κ3) is 3.95. The average molecular weight is 262 g/mol. The summed E-state index contributed by atoms with van der Waals surface area (Å²) in [5.41, 5.74) is 0.0571. The molecule has 0 aliphatic heterocycles. The van der Waals surface area contributed by atoms with Crippen LogP contribution in [-0.2, 0) is 6.42 Å². The second kappa shape index (κ2) is 5.87. The van der Waals surface area contributed by atoms with Crippen molar-refractivity contribution in [3.05, 3.63) is 33.8 Å². The summed E-state index contributed by atoms with van der Waals surface area (Å²) < 4.78 is 0. The second-order valence-electron chi connectivity index (χ2n) is 4.17. The summed E-state index contributed by atoms with van der Waals surface area (Å²) in [4.78, 5) is 0. The fraction of sp³-hybridized carbons (Fsp3) is 0.500. The highest BCUT2D eigenvalue weighted by atomic mass is 35.5. The van der Waals surface area contributed by atoms with E-state index in [1.807, 2.05) is 19.1 Å². The number of halogens is 2. The van der Waals surface area contributed by atoms with E-state index in [0.29, 0.717) is 23.0 Å². The number of hydrogen-bond donors (Lipinski definition) is 2. The second-order valence-corrected chi connectivity index (χ2v) is 4.95. The standard InChI is InChI=1S/C12H17Cl2NO/c1-3-15-8-12(2,16)7-9-5-4-6-10(13)11(9)14/h4-6,15-16H,3,7-8H2,1-2H3. The van der Waals surface area contributed by atoms with Crippen LogP contribution in [0, 0.1) is 0 Å². The molecule has 1 rings (SSSR count). The Morgan fingerprint density at radius 1 is 1.38 bits per heavy atom. The van der Waals surface area contributed by atoms with Crippen LogP contribution >= 0.6 is 23.2 Å². The number of hydrogen-bond acceptors (Lipinski definition) is 2. The van der Waals surface area contributed by atoms with Gasteiger partial charge in [-0.2, -0.15) is 0 Å². The number of nitrogens with one attached hydrogen (secondary N) is 1. The van der Waals surface area contributed by atoms with Crippen molar-refractivity contribution in [3.63, 3.8) is 0 Å². The van der Waals surface area contributed by atoms with E-state index in [-0.39, 0.29) is 0 Å². The zero-order valence-electron chi connectivity index (χ0n) is 9.56.